The maximum atomic E-state index is 8.76. The van der Waals surface area contributed by atoms with E-state index in [9.17, 15) is 0 Å². The number of aromatic amines is 1. The van der Waals surface area contributed by atoms with E-state index in [1.165, 1.54) is 0 Å². The highest BCUT2D eigenvalue weighted by molar-refractivity contribution is 5.33. The number of H-pyrrole nitrogens is 1. The molecular weight excluding hydrogens is 124 g/mol. The van der Waals surface area contributed by atoms with Crippen LogP contribution >= 0.6 is 0 Å². The molecule has 10 heavy (non-hydrogen) atoms. The van der Waals surface area contributed by atoms with Crippen LogP contribution < -0.4 is 0 Å². The molecule has 0 aromatic carbocycles. The van der Waals surface area contributed by atoms with Gasteiger partial charge in [-0.1, -0.05) is 0 Å². The highest BCUT2D eigenvalue weighted by Gasteiger charge is 2.45. The molecule has 0 atom stereocenters. The summed E-state index contributed by atoms with van der Waals surface area (Å²) in [7, 11) is 0. The third-order valence-electron chi connectivity index (χ3n) is 2.08. The highest BCUT2D eigenvalue weighted by atomic mass is 14.7. The van der Waals surface area contributed by atoms with Crippen molar-refractivity contribution in [3.8, 4) is 6.07 Å². The Kier molecular flexibility index (Phi) is 0.906. The van der Waals surface area contributed by atoms with Crippen LogP contribution in [0.1, 0.15) is 18.5 Å². The molecule has 1 saturated carbocycles. The Hall–Kier alpha value is -1.23. The summed E-state index contributed by atoms with van der Waals surface area (Å²) in [6, 6.07) is 6.24. The van der Waals surface area contributed by atoms with E-state index in [0.29, 0.717) is 0 Å². The van der Waals surface area contributed by atoms with Crippen LogP contribution in [0.2, 0.25) is 0 Å². The zero-order valence-electron chi connectivity index (χ0n) is 5.59. The quantitative estimate of drug-likeness (QED) is 0.619. The van der Waals surface area contributed by atoms with Gasteiger partial charge in [-0.05, 0) is 25.0 Å². The van der Waals surface area contributed by atoms with Crippen LogP contribution in [-0.4, -0.2) is 4.98 Å². The first kappa shape index (κ1) is 5.55. The third-order valence-corrected chi connectivity index (χ3v) is 2.08. The number of hydrogen-bond acceptors (Lipinski definition) is 1. The fourth-order valence-electron chi connectivity index (χ4n) is 1.19. The van der Waals surface area contributed by atoms with Crippen LogP contribution in [0.3, 0.4) is 0 Å². The van der Waals surface area contributed by atoms with Crippen molar-refractivity contribution < 1.29 is 0 Å². The summed E-state index contributed by atoms with van der Waals surface area (Å²) in [5.41, 5.74) is 0.943. The van der Waals surface area contributed by atoms with Gasteiger partial charge in [0, 0.05) is 11.9 Å². The Morgan fingerprint density at radius 2 is 2.40 bits per heavy atom. The maximum absolute atomic E-state index is 8.76. The van der Waals surface area contributed by atoms with Gasteiger partial charge in [-0.15, -0.1) is 0 Å². The minimum Gasteiger partial charge on any atom is -0.364 e. The van der Waals surface area contributed by atoms with Gasteiger partial charge in [0.1, 0.15) is 0 Å². The van der Waals surface area contributed by atoms with Gasteiger partial charge < -0.3 is 4.98 Å². The summed E-state index contributed by atoms with van der Waals surface area (Å²) in [6.45, 7) is 0. The molecule has 1 aliphatic rings. The van der Waals surface area contributed by atoms with Crippen molar-refractivity contribution in [3.05, 3.63) is 24.0 Å². The standard InChI is InChI=1S/C8H8N2/c9-6-8(3-4-8)7-2-1-5-10-7/h1-2,5,10H,3-4H2. The Bertz CT molecular complexity index is 262. The van der Waals surface area contributed by atoms with E-state index in [0.717, 1.165) is 18.5 Å². The molecule has 0 radical (unpaired) electrons. The number of aromatic nitrogens is 1. The predicted molar refractivity (Wildman–Crippen MR) is 37.3 cm³/mol. The molecule has 0 amide bonds. The molecular formula is C8H8N2. The molecule has 1 heterocycles. The van der Waals surface area contributed by atoms with E-state index in [2.05, 4.69) is 11.1 Å². The van der Waals surface area contributed by atoms with Crippen molar-refractivity contribution in [1.29, 1.82) is 5.26 Å². The first-order valence-electron chi connectivity index (χ1n) is 3.42. The maximum Gasteiger partial charge on any atom is 0.0972 e. The summed E-state index contributed by atoms with van der Waals surface area (Å²) in [6.07, 6.45) is 3.90. The lowest BCUT2D eigenvalue weighted by Crippen LogP contribution is -2.01. The first-order valence-corrected chi connectivity index (χ1v) is 3.42. The highest BCUT2D eigenvalue weighted by Crippen LogP contribution is 2.46. The summed E-state index contributed by atoms with van der Waals surface area (Å²) >= 11 is 0. The van der Waals surface area contributed by atoms with Crippen LogP contribution in [-0.2, 0) is 5.41 Å². The second kappa shape index (κ2) is 1.63. The summed E-state index contributed by atoms with van der Waals surface area (Å²) < 4.78 is 0. The fourth-order valence-corrected chi connectivity index (χ4v) is 1.19. The lowest BCUT2D eigenvalue weighted by Gasteiger charge is -1.98. The lowest BCUT2D eigenvalue weighted by atomic mass is 10.1. The third kappa shape index (κ3) is 0.577. The van der Waals surface area contributed by atoms with Crippen molar-refractivity contribution >= 4 is 0 Å². The van der Waals surface area contributed by atoms with Crippen molar-refractivity contribution in [3.63, 3.8) is 0 Å². The fraction of sp³-hybridized carbons (Fsp3) is 0.375. The summed E-state index contributed by atoms with van der Waals surface area (Å²) in [5.74, 6) is 0. The Labute approximate surface area is 59.5 Å². The molecule has 1 N–H and O–H groups in total. The van der Waals surface area contributed by atoms with Gasteiger partial charge in [0.05, 0.1) is 11.5 Å². The van der Waals surface area contributed by atoms with Crippen LogP contribution in [0, 0.1) is 11.3 Å². The molecule has 0 unspecified atom stereocenters. The van der Waals surface area contributed by atoms with Crippen LogP contribution in [0.15, 0.2) is 18.3 Å². The second-order valence-electron chi connectivity index (χ2n) is 2.78. The van der Waals surface area contributed by atoms with Crippen LogP contribution in [0.4, 0.5) is 0 Å². The predicted octanol–water partition coefficient (Wildman–Crippen LogP) is 1.57. The van der Waals surface area contributed by atoms with E-state index in [-0.39, 0.29) is 5.41 Å². The number of rotatable bonds is 1. The van der Waals surface area contributed by atoms with E-state index >= 15 is 0 Å². The van der Waals surface area contributed by atoms with Crippen molar-refractivity contribution in [1.82, 2.24) is 4.98 Å². The summed E-state index contributed by atoms with van der Waals surface area (Å²) in [5, 5.41) is 8.76. The average Bonchev–Trinajstić information content (AvgIpc) is 2.58. The topological polar surface area (TPSA) is 39.6 Å². The Morgan fingerprint density at radius 1 is 1.60 bits per heavy atom. The zero-order chi connectivity index (χ0) is 7.03. The minimum atomic E-state index is -0.135. The average molecular weight is 132 g/mol. The van der Waals surface area contributed by atoms with Gasteiger partial charge in [0.2, 0.25) is 0 Å². The molecule has 0 aliphatic heterocycles. The van der Waals surface area contributed by atoms with Gasteiger partial charge in [-0.25, -0.2) is 0 Å². The van der Waals surface area contributed by atoms with E-state index in [1.807, 2.05) is 18.3 Å². The van der Waals surface area contributed by atoms with E-state index < -0.39 is 0 Å². The smallest absolute Gasteiger partial charge is 0.0972 e. The second-order valence-corrected chi connectivity index (χ2v) is 2.78. The lowest BCUT2D eigenvalue weighted by molar-refractivity contribution is 0.867. The Morgan fingerprint density at radius 3 is 2.80 bits per heavy atom. The number of nitrogens with zero attached hydrogens (tertiary/aromatic N) is 1. The molecule has 2 heteroatoms. The summed E-state index contributed by atoms with van der Waals surface area (Å²) in [4.78, 5) is 3.07. The molecule has 1 aliphatic carbocycles. The Balaban J connectivity index is 2.38. The first-order chi connectivity index (χ1) is 4.87. The van der Waals surface area contributed by atoms with E-state index in [4.69, 9.17) is 5.26 Å². The molecule has 1 aromatic heterocycles. The van der Waals surface area contributed by atoms with Crippen molar-refractivity contribution in [2.45, 2.75) is 18.3 Å². The molecule has 0 saturated heterocycles. The van der Waals surface area contributed by atoms with Crippen molar-refractivity contribution in [2.75, 3.05) is 0 Å². The number of nitriles is 1. The SMILES string of the molecule is N#CC1(c2ccc[nH]2)CC1. The molecule has 1 aromatic rings. The molecule has 0 spiro atoms. The van der Waals surface area contributed by atoms with Crippen molar-refractivity contribution in [2.24, 2.45) is 0 Å². The van der Waals surface area contributed by atoms with Gasteiger partial charge in [0.15, 0.2) is 0 Å². The molecule has 0 bridgehead atoms. The molecule has 2 nitrogen and oxygen atoms in total. The van der Waals surface area contributed by atoms with E-state index in [1.54, 1.807) is 0 Å². The van der Waals surface area contributed by atoms with Crippen LogP contribution in [0.5, 0.6) is 0 Å². The molecule has 1 fully saturated rings. The number of nitrogens with one attached hydrogen (secondary N) is 1. The number of hydrogen-bond donors (Lipinski definition) is 1. The zero-order valence-corrected chi connectivity index (χ0v) is 5.59. The van der Waals surface area contributed by atoms with Gasteiger partial charge in [-0.3, -0.25) is 0 Å². The van der Waals surface area contributed by atoms with Crippen LogP contribution in [0.25, 0.3) is 0 Å². The normalized spacial score (nSPS) is 19.9. The van der Waals surface area contributed by atoms with Gasteiger partial charge in [0.25, 0.3) is 0 Å². The largest absolute Gasteiger partial charge is 0.364 e. The monoisotopic (exact) mass is 132 g/mol. The van der Waals surface area contributed by atoms with Gasteiger partial charge in [-0.2, -0.15) is 5.26 Å². The van der Waals surface area contributed by atoms with Gasteiger partial charge >= 0.3 is 0 Å². The molecule has 2 rings (SSSR count). The minimum absolute atomic E-state index is 0.135. The molecule has 50 valence electrons.